The second kappa shape index (κ2) is 5.07. The molecule has 0 bridgehead atoms. The molecule has 2 heterocycles. The van der Waals surface area contributed by atoms with Crippen LogP contribution in [0, 0.1) is 5.92 Å². The zero-order valence-corrected chi connectivity index (χ0v) is 10.6. The number of hydrogen-bond donors (Lipinski definition) is 1. The van der Waals surface area contributed by atoms with Crippen molar-refractivity contribution in [3.8, 4) is 0 Å². The molecule has 1 aliphatic rings. The van der Waals surface area contributed by atoms with Crippen molar-refractivity contribution in [2.75, 3.05) is 18.1 Å². The van der Waals surface area contributed by atoms with E-state index in [1.165, 1.54) is 12.2 Å². The van der Waals surface area contributed by atoms with Crippen LogP contribution in [0.15, 0.2) is 21.2 Å². The van der Waals surface area contributed by atoms with Gasteiger partial charge in [-0.3, -0.25) is 4.79 Å². The van der Waals surface area contributed by atoms with Crippen molar-refractivity contribution < 1.29 is 9.21 Å². The Morgan fingerprint density at radius 1 is 1.67 bits per heavy atom. The first-order valence-electron chi connectivity index (χ1n) is 4.87. The van der Waals surface area contributed by atoms with E-state index in [0.29, 0.717) is 16.3 Å². The Morgan fingerprint density at radius 3 is 3.13 bits per heavy atom. The molecule has 3 nitrogen and oxygen atoms in total. The highest BCUT2D eigenvalue weighted by molar-refractivity contribution is 9.10. The van der Waals surface area contributed by atoms with Crippen LogP contribution < -0.4 is 5.32 Å². The fourth-order valence-corrected chi connectivity index (χ4v) is 3.10. The number of thioether (sulfide) groups is 1. The molecule has 1 amide bonds. The van der Waals surface area contributed by atoms with Gasteiger partial charge in [-0.25, -0.2) is 0 Å². The highest BCUT2D eigenvalue weighted by atomic mass is 79.9. The number of nitrogens with one attached hydrogen (secondary N) is 1. The molecule has 0 spiro atoms. The lowest BCUT2D eigenvalue weighted by molar-refractivity contribution is 0.0919. The second-order valence-electron chi connectivity index (χ2n) is 3.54. The van der Waals surface area contributed by atoms with Crippen molar-refractivity contribution in [2.45, 2.75) is 6.42 Å². The van der Waals surface area contributed by atoms with Gasteiger partial charge in [0.05, 0.1) is 0 Å². The fraction of sp³-hybridized carbons (Fsp3) is 0.500. The second-order valence-corrected chi connectivity index (χ2v) is 5.47. The predicted octanol–water partition coefficient (Wildman–Crippen LogP) is 2.53. The lowest BCUT2D eigenvalue weighted by Crippen LogP contribution is -2.28. The summed E-state index contributed by atoms with van der Waals surface area (Å²) in [6.45, 7) is 0.754. The predicted molar refractivity (Wildman–Crippen MR) is 64.2 cm³/mol. The van der Waals surface area contributed by atoms with E-state index >= 15 is 0 Å². The van der Waals surface area contributed by atoms with E-state index in [1.807, 2.05) is 11.8 Å². The first-order valence-corrected chi connectivity index (χ1v) is 6.82. The van der Waals surface area contributed by atoms with Gasteiger partial charge in [0.25, 0.3) is 5.91 Å². The van der Waals surface area contributed by atoms with Gasteiger partial charge in [-0.05, 0) is 51.9 Å². The van der Waals surface area contributed by atoms with Crippen LogP contribution in [0.2, 0.25) is 0 Å². The van der Waals surface area contributed by atoms with E-state index in [2.05, 4.69) is 21.2 Å². The van der Waals surface area contributed by atoms with Crippen molar-refractivity contribution in [1.29, 1.82) is 0 Å². The summed E-state index contributed by atoms with van der Waals surface area (Å²) >= 11 is 5.12. The van der Waals surface area contributed by atoms with E-state index in [4.69, 9.17) is 4.42 Å². The number of hydrogen-bond acceptors (Lipinski definition) is 3. The molecule has 1 aromatic rings. The summed E-state index contributed by atoms with van der Waals surface area (Å²) in [6, 6.07) is 3.39. The monoisotopic (exact) mass is 289 g/mol. The molecule has 1 fully saturated rings. The molecule has 1 unspecified atom stereocenters. The summed E-state index contributed by atoms with van der Waals surface area (Å²) in [5.74, 6) is 3.23. The standard InChI is InChI=1S/C10H12BrNO2S/c11-9-2-1-8(14-9)10(13)12-5-7-3-4-15-6-7/h1-2,7H,3-6H2,(H,12,13). The number of amides is 1. The Balaban J connectivity index is 1.81. The number of furan rings is 1. The van der Waals surface area contributed by atoms with Crippen molar-refractivity contribution in [3.63, 3.8) is 0 Å². The quantitative estimate of drug-likeness (QED) is 0.930. The van der Waals surface area contributed by atoms with Crippen molar-refractivity contribution in [1.82, 2.24) is 5.32 Å². The van der Waals surface area contributed by atoms with Gasteiger partial charge < -0.3 is 9.73 Å². The first kappa shape index (κ1) is 11.1. The number of rotatable bonds is 3. The lowest BCUT2D eigenvalue weighted by atomic mass is 10.1. The molecule has 1 atom stereocenters. The molecular formula is C10H12BrNO2S. The average Bonchev–Trinajstić information content (AvgIpc) is 2.84. The molecule has 0 aromatic carbocycles. The zero-order valence-electron chi connectivity index (χ0n) is 8.16. The molecule has 0 radical (unpaired) electrons. The Bertz CT molecular complexity index is 347. The summed E-state index contributed by atoms with van der Waals surface area (Å²) < 4.78 is 5.75. The summed E-state index contributed by atoms with van der Waals surface area (Å²) in [5, 5.41) is 2.89. The van der Waals surface area contributed by atoms with E-state index < -0.39 is 0 Å². The molecule has 0 saturated carbocycles. The lowest BCUT2D eigenvalue weighted by Gasteiger charge is -2.08. The minimum absolute atomic E-state index is 0.127. The van der Waals surface area contributed by atoms with Crippen molar-refractivity contribution in [3.05, 3.63) is 22.6 Å². The molecule has 1 saturated heterocycles. The van der Waals surface area contributed by atoms with Gasteiger partial charge in [0.1, 0.15) is 0 Å². The number of carbonyl (C=O) groups is 1. The molecule has 15 heavy (non-hydrogen) atoms. The Kier molecular flexibility index (Phi) is 3.75. The summed E-state index contributed by atoms with van der Waals surface area (Å²) in [7, 11) is 0. The van der Waals surface area contributed by atoms with Gasteiger partial charge in [-0.15, -0.1) is 0 Å². The first-order chi connectivity index (χ1) is 7.25. The third-order valence-corrected chi connectivity index (χ3v) is 4.03. The number of carbonyl (C=O) groups excluding carboxylic acids is 1. The van der Waals surface area contributed by atoms with Crippen LogP contribution in [-0.4, -0.2) is 24.0 Å². The zero-order chi connectivity index (χ0) is 10.7. The maximum absolute atomic E-state index is 11.6. The van der Waals surface area contributed by atoms with E-state index in [1.54, 1.807) is 12.1 Å². The molecular weight excluding hydrogens is 278 g/mol. The highest BCUT2D eigenvalue weighted by Crippen LogP contribution is 2.22. The third-order valence-electron chi connectivity index (χ3n) is 2.37. The third kappa shape index (κ3) is 3.01. The van der Waals surface area contributed by atoms with E-state index in [0.717, 1.165) is 12.3 Å². The molecule has 2 rings (SSSR count). The van der Waals surface area contributed by atoms with Gasteiger partial charge in [-0.1, -0.05) is 0 Å². The fourth-order valence-electron chi connectivity index (χ4n) is 1.50. The van der Waals surface area contributed by atoms with Crippen LogP contribution in [0.1, 0.15) is 17.0 Å². The van der Waals surface area contributed by atoms with Crippen LogP contribution in [0.25, 0.3) is 0 Å². The van der Waals surface area contributed by atoms with Crippen LogP contribution in [0.4, 0.5) is 0 Å². The molecule has 82 valence electrons. The van der Waals surface area contributed by atoms with Gasteiger partial charge in [-0.2, -0.15) is 11.8 Å². The average molecular weight is 290 g/mol. The maximum atomic E-state index is 11.6. The van der Waals surface area contributed by atoms with Gasteiger partial charge in [0.15, 0.2) is 10.4 Å². The van der Waals surface area contributed by atoms with E-state index in [-0.39, 0.29) is 5.91 Å². The largest absolute Gasteiger partial charge is 0.444 e. The molecule has 1 N–H and O–H groups in total. The molecule has 1 aliphatic heterocycles. The normalized spacial score (nSPS) is 20.5. The Morgan fingerprint density at radius 2 is 2.53 bits per heavy atom. The van der Waals surface area contributed by atoms with Crippen molar-refractivity contribution >= 4 is 33.6 Å². The van der Waals surface area contributed by atoms with Gasteiger partial charge in [0.2, 0.25) is 0 Å². The topological polar surface area (TPSA) is 42.2 Å². The number of halogens is 1. The Labute approximate surface area is 101 Å². The highest BCUT2D eigenvalue weighted by Gasteiger charge is 2.17. The SMILES string of the molecule is O=C(NCC1CCSC1)c1ccc(Br)o1. The van der Waals surface area contributed by atoms with Gasteiger partial charge in [0, 0.05) is 6.54 Å². The van der Waals surface area contributed by atoms with Crippen LogP contribution in [0.5, 0.6) is 0 Å². The summed E-state index contributed by atoms with van der Waals surface area (Å²) in [4.78, 5) is 11.6. The Hall–Kier alpha value is -0.420. The summed E-state index contributed by atoms with van der Waals surface area (Å²) in [5.41, 5.74) is 0. The maximum Gasteiger partial charge on any atom is 0.287 e. The minimum Gasteiger partial charge on any atom is -0.444 e. The molecule has 0 aliphatic carbocycles. The minimum atomic E-state index is -0.127. The van der Waals surface area contributed by atoms with Gasteiger partial charge >= 0.3 is 0 Å². The van der Waals surface area contributed by atoms with Crippen LogP contribution >= 0.6 is 27.7 Å². The van der Waals surface area contributed by atoms with Crippen LogP contribution in [0.3, 0.4) is 0 Å². The van der Waals surface area contributed by atoms with Crippen LogP contribution in [-0.2, 0) is 0 Å². The molecule has 5 heteroatoms. The summed E-state index contributed by atoms with van der Waals surface area (Å²) in [6.07, 6.45) is 1.20. The molecule has 1 aromatic heterocycles. The van der Waals surface area contributed by atoms with Crippen molar-refractivity contribution in [2.24, 2.45) is 5.92 Å². The van der Waals surface area contributed by atoms with E-state index in [9.17, 15) is 4.79 Å². The smallest absolute Gasteiger partial charge is 0.287 e.